The maximum absolute atomic E-state index is 13.1. The summed E-state index contributed by atoms with van der Waals surface area (Å²) in [4.78, 5) is 19.8. The van der Waals surface area contributed by atoms with Crippen LogP contribution in [-0.2, 0) is 13.2 Å². The molecule has 0 atom stereocenters. The summed E-state index contributed by atoms with van der Waals surface area (Å²) >= 11 is 1.58. The van der Waals surface area contributed by atoms with Gasteiger partial charge in [0.25, 0.3) is 5.91 Å². The molecular weight excluding hydrogens is 408 g/mol. The van der Waals surface area contributed by atoms with Crippen LogP contribution in [0.4, 0.5) is 0 Å². The number of carbonyl (C=O) groups is 1. The average Bonchev–Trinajstić information content (AvgIpc) is 3.54. The van der Waals surface area contributed by atoms with Crippen molar-refractivity contribution >= 4 is 17.2 Å². The van der Waals surface area contributed by atoms with E-state index in [1.807, 2.05) is 46.7 Å². The lowest BCUT2D eigenvalue weighted by Gasteiger charge is -2.21. The smallest absolute Gasteiger partial charge is 0.254 e. The normalized spacial score (nSPS) is 13.3. The van der Waals surface area contributed by atoms with Crippen LogP contribution in [0.25, 0.3) is 0 Å². The molecular formula is C25H28N2O3S. The molecule has 0 radical (unpaired) electrons. The van der Waals surface area contributed by atoms with Crippen molar-refractivity contribution in [2.45, 2.75) is 51.8 Å². The third-order valence-corrected chi connectivity index (χ3v) is 6.26. The zero-order valence-corrected chi connectivity index (χ0v) is 19.0. The number of para-hydroxylation sites is 1. The number of aromatic nitrogens is 1. The van der Waals surface area contributed by atoms with Gasteiger partial charge in [0.05, 0.1) is 19.3 Å². The highest BCUT2D eigenvalue weighted by Gasteiger charge is 2.33. The van der Waals surface area contributed by atoms with Gasteiger partial charge in [-0.2, -0.15) is 0 Å². The SMILES string of the molecule is COc1cccc(C(=O)N(Cc2csc(COc3ccccc3C(C)C)n2)C2CC2)c1. The van der Waals surface area contributed by atoms with Gasteiger partial charge in [0.1, 0.15) is 23.1 Å². The predicted molar refractivity (Wildman–Crippen MR) is 123 cm³/mol. The highest BCUT2D eigenvalue weighted by Crippen LogP contribution is 2.31. The third-order valence-electron chi connectivity index (χ3n) is 5.39. The van der Waals surface area contributed by atoms with E-state index >= 15 is 0 Å². The molecule has 1 aromatic heterocycles. The number of ether oxygens (including phenoxy) is 2. The summed E-state index contributed by atoms with van der Waals surface area (Å²) in [5.74, 6) is 2.02. The molecule has 1 saturated carbocycles. The first kappa shape index (κ1) is 21.4. The van der Waals surface area contributed by atoms with Crippen molar-refractivity contribution in [2.75, 3.05) is 7.11 Å². The topological polar surface area (TPSA) is 51.7 Å². The first-order valence-electron chi connectivity index (χ1n) is 10.6. The van der Waals surface area contributed by atoms with Gasteiger partial charge in [-0.15, -0.1) is 11.3 Å². The zero-order valence-electron chi connectivity index (χ0n) is 18.2. The van der Waals surface area contributed by atoms with Crippen LogP contribution in [0.15, 0.2) is 53.9 Å². The molecule has 162 valence electrons. The van der Waals surface area contributed by atoms with Gasteiger partial charge in [-0.25, -0.2) is 4.98 Å². The number of amides is 1. The van der Waals surface area contributed by atoms with Crippen LogP contribution in [0.1, 0.15) is 59.2 Å². The molecule has 1 aliphatic rings. The number of methoxy groups -OCH3 is 1. The Bertz CT molecular complexity index is 1040. The molecule has 0 unspecified atom stereocenters. The molecule has 31 heavy (non-hydrogen) atoms. The summed E-state index contributed by atoms with van der Waals surface area (Å²) in [6.07, 6.45) is 2.09. The number of rotatable bonds is 9. The van der Waals surface area contributed by atoms with Gasteiger partial charge in [0.15, 0.2) is 0 Å². The Morgan fingerprint density at radius 1 is 1.19 bits per heavy atom. The van der Waals surface area contributed by atoms with Crippen LogP contribution in [0.3, 0.4) is 0 Å². The van der Waals surface area contributed by atoms with E-state index in [9.17, 15) is 4.79 Å². The maximum Gasteiger partial charge on any atom is 0.254 e. The molecule has 0 N–H and O–H groups in total. The third kappa shape index (κ3) is 5.25. The van der Waals surface area contributed by atoms with E-state index in [2.05, 4.69) is 19.9 Å². The second kappa shape index (κ2) is 9.52. The minimum atomic E-state index is 0.0260. The molecule has 1 amide bonds. The van der Waals surface area contributed by atoms with Crippen molar-refractivity contribution in [2.24, 2.45) is 0 Å². The van der Waals surface area contributed by atoms with Crippen molar-refractivity contribution in [3.05, 3.63) is 75.7 Å². The molecule has 0 saturated heterocycles. The lowest BCUT2D eigenvalue weighted by molar-refractivity contribution is 0.0727. The Hall–Kier alpha value is -2.86. The summed E-state index contributed by atoms with van der Waals surface area (Å²) in [5.41, 5.74) is 2.75. The molecule has 2 aromatic carbocycles. The summed E-state index contributed by atoms with van der Waals surface area (Å²) < 4.78 is 11.3. The molecule has 0 bridgehead atoms. The van der Waals surface area contributed by atoms with Gasteiger partial charge in [0.2, 0.25) is 0 Å². The molecule has 0 spiro atoms. The van der Waals surface area contributed by atoms with Gasteiger partial charge in [-0.3, -0.25) is 4.79 Å². The Balaban J connectivity index is 1.43. The van der Waals surface area contributed by atoms with Crippen molar-refractivity contribution in [3.63, 3.8) is 0 Å². The van der Waals surface area contributed by atoms with Crippen molar-refractivity contribution in [1.82, 2.24) is 9.88 Å². The largest absolute Gasteiger partial charge is 0.497 e. The second-order valence-corrected chi connectivity index (χ2v) is 9.05. The number of nitrogens with zero attached hydrogens (tertiary/aromatic N) is 2. The lowest BCUT2D eigenvalue weighted by Crippen LogP contribution is -2.32. The molecule has 6 heteroatoms. The van der Waals surface area contributed by atoms with E-state index in [-0.39, 0.29) is 11.9 Å². The van der Waals surface area contributed by atoms with Crippen LogP contribution in [-0.4, -0.2) is 28.9 Å². The Kier molecular flexibility index (Phi) is 6.56. The molecule has 3 aromatic rings. The second-order valence-electron chi connectivity index (χ2n) is 8.11. The molecule has 1 fully saturated rings. The van der Waals surface area contributed by atoms with Crippen LogP contribution in [0.2, 0.25) is 0 Å². The predicted octanol–water partition coefficient (Wildman–Crippen LogP) is 5.66. The molecule has 4 rings (SSSR count). The highest BCUT2D eigenvalue weighted by molar-refractivity contribution is 7.09. The fourth-order valence-corrected chi connectivity index (χ4v) is 4.26. The van der Waals surface area contributed by atoms with Crippen LogP contribution >= 0.6 is 11.3 Å². The zero-order chi connectivity index (χ0) is 21.8. The number of benzene rings is 2. The van der Waals surface area contributed by atoms with E-state index in [0.717, 1.165) is 29.3 Å². The number of hydrogen-bond acceptors (Lipinski definition) is 5. The number of carbonyl (C=O) groups excluding carboxylic acids is 1. The Labute approximate surface area is 187 Å². The maximum atomic E-state index is 13.1. The molecule has 1 aliphatic carbocycles. The Morgan fingerprint density at radius 2 is 2.00 bits per heavy atom. The van der Waals surface area contributed by atoms with E-state index in [1.165, 1.54) is 5.56 Å². The van der Waals surface area contributed by atoms with E-state index in [1.54, 1.807) is 24.5 Å². The van der Waals surface area contributed by atoms with Gasteiger partial charge < -0.3 is 14.4 Å². The fraction of sp³-hybridized carbons (Fsp3) is 0.360. The van der Waals surface area contributed by atoms with Gasteiger partial charge in [-0.1, -0.05) is 38.1 Å². The van der Waals surface area contributed by atoms with E-state index in [0.29, 0.717) is 30.4 Å². The highest BCUT2D eigenvalue weighted by atomic mass is 32.1. The van der Waals surface area contributed by atoms with Crippen molar-refractivity contribution < 1.29 is 14.3 Å². The molecule has 0 aliphatic heterocycles. The quantitative estimate of drug-likeness (QED) is 0.434. The first-order valence-corrected chi connectivity index (χ1v) is 11.5. The lowest BCUT2D eigenvalue weighted by atomic mass is 10.0. The minimum absolute atomic E-state index is 0.0260. The Morgan fingerprint density at radius 3 is 2.74 bits per heavy atom. The van der Waals surface area contributed by atoms with Crippen molar-refractivity contribution in [1.29, 1.82) is 0 Å². The van der Waals surface area contributed by atoms with E-state index in [4.69, 9.17) is 14.5 Å². The summed E-state index contributed by atoms with van der Waals surface area (Å²) in [7, 11) is 1.61. The average molecular weight is 437 g/mol. The van der Waals surface area contributed by atoms with Gasteiger partial charge in [-0.05, 0) is 48.6 Å². The standard InChI is InChI=1S/C25H28N2O3S/c1-17(2)22-9-4-5-10-23(22)30-15-24-26-19(16-31-24)14-27(20-11-12-20)25(28)18-7-6-8-21(13-18)29-3/h4-10,13,16-17,20H,11-12,14-15H2,1-3H3. The number of thiazole rings is 1. The van der Waals surface area contributed by atoms with Gasteiger partial charge in [0, 0.05) is 17.0 Å². The van der Waals surface area contributed by atoms with Gasteiger partial charge >= 0.3 is 0 Å². The first-order chi connectivity index (χ1) is 15.0. The summed E-state index contributed by atoms with van der Waals surface area (Å²) in [6, 6.07) is 15.8. The monoisotopic (exact) mass is 436 g/mol. The number of hydrogen-bond donors (Lipinski definition) is 0. The van der Waals surface area contributed by atoms with Crippen LogP contribution in [0.5, 0.6) is 11.5 Å². The fourth-order valence-electron chi connectivity index (χ4n) is 3.57. The van der Waals surface area contributed by atoms with E-state index < -0.39 is 0 Å². The summed E-state index contributed by atoms with van der Waals surface area (Å²) in [5, 5.41) is 2.94. The van der Waals surface area contributed by atoms with Crippen LogP contribution < -0.4 is 9.47 Å². The summed E-state index contributed by atoms with van der Waals surface area (Å²) in [6.45, 7) is 5.27. The van der Waals surface area contributed by atoms with Crippen molar-refractivity contribution in [3.8, 4) is 11.5 Å². The van der Waals surface area contributed by atoms with Crippen LogP contribution in [0, 0.1) is 0 Å². The molecule has 5 nitrogen and oxygen atoms in total. The minimum Gasteiger partial charge on any atom is -0.497 e. The molecule has 1 heterocycles.